The molecule has 2 saturated carbocycles. The van der Waals surface area contributed by atoms with E-state index in [1.54, 1.807) is 12.4 Å². The fraction of sp³-hybridized carbons (Fsp3) is 0.556. The fourth-order valence-corrected chi connectivity index (χ4v) is 4.28. The van der Waals surface area contributed by atoms with Gasteiger partial charge in [-0.2, -0.15) is 5.10 Å². The highest BCUT2D eigenvalue weighted by Crippen LogP contribution is 2.55. The number of hydrogen-bond donors (Lipinski definition) is 1. The number of nitrogens with one attached hydrogen (secondary N) is 1. The maximum atomic E-state index is 12.8. The third-order valence-electron chi connectivity index (χ3n) is 5.99. The van der Waals surface area contributed by atoms with Gasteiger partial charge < -0.3 is 4.90 Å². The van der Waals surface area contributed by atoms with Crippen molar-refractivity contribution in [2.45, 2.75) is 43.9 Å². The number of aromatic nitrogens is 4. The molecule has 1 saturated heterocycles. The van der Waals surface area contributed by atoms with Gasteiger partial charge in [0.05, 0.1) is 5.56 Å². The molecule has 0 bridgehead atoms. The zero-order valence-corrected chi connectivity index (χ0v) is 13.6. The van der Waals surface area contributed by atoms with Crippen molar-refractivity contribution in [2.24, 2.45) is 5.41 Å². The maximum absolute atomic E-state index is 12.8. The number of nitrogens with zero attached hydrogens (tertiary/aromatic N) is 4. The minimum absolute atomic E-state index is 0.0822. The molecule has 1 amide bonds. The van der Waals surface area contributed by atoms with Crippen LogP contribution < -0.4 is 0 Å². The summed E-state index contributed by atoms with van der Waals surface area (Å²) in [6.45, 7) is 1.55. The van der Waals surface area contributed by atoms with Crippen molar-refractivity contribution in [3.8, 4) is 0 Å². The van der Waals surface area contributed by atoms with Gasteiger partial charge in [0, 0.05) is 37.3 Å². The van der Waals surface area contributed by atoms with Gasteiger partial charge >= 0.3 is 0 Å². The summed E-state index contributed by atoms with van der Waals surface area (Å²) in [5.41, 5.74) is 0.863. The van der Waals surface area contributed by atoms with Crippen molar-refractivity contribution >= 4 is 5.91 Å². The number of pyridine rings is 1. The average Bonchev–Trinajstić information content (AvgIpc) is 3.17. The van der Waals surface area contributed by atoms with Crippen LogP contribution in [0.2, 0.25) is 0 Å². The molecular weight excluding hydrogens is 302 g/mol. The molecule has 1 unspecified atom stereocenters. The lowest BCUT2D eigenvalue weighted by Gasteiger charge is -2.41. The number of hydrogen-bond acceptors (Lipinski definition) is 4. The zero-order valence-electron chi connectivity index (χ0n) is 13.6. The monoisotopic (exact) mass is 323 g/mol. The first kappa shape index (κ1) is 14.1. The molecule has 3 aliphatic rings. The smallest absolute Gasteiger partial charge is 0.255 e. The van der Waals surface area contributed by atoms with E-state index < -0.39 is 0 Å². The molecule has 0 radical (unpaired) electrons. The van der Waals surface area contributed by atoms with E-state index in [1.165, 1.54) is 32.1 Å². The van der Waals surface area contributed by atoms with Crippen LogP contribution in [-0.2, 0) is 0 Å². The standard InChI is InChI=1S/C18H21N5O/c24-17(13-3-1-8-19-9-13)23-10-14(18(11-23)6-2-7-18)16-20-15(21-22-16)12-4-5-12/h1,3,8-9,12,14H,2,4-7,10-11H2,(H,20,21,22). The Bertz CT molecular complexity index is 763. The number of aromatic amines is 1. The summed E-state index contributed by atoms with van der Waals surface area (Å²) < 4.78 is 0. The van der Waals surface area contributed by atoms with Gasteiger partial charge in [0.15, 0.2) is 5.82 Å². The molecule has 3 heterocycles. The molecule has 1 N–H and O–H groups in total. The Hall–Kier alpha value is -2.24. The van der Waals surface area contributed by atoms with Crippen molar-refractivity contribution in [1.82, 2.24) is 25.1 Å². The number of likely N-dealkylation sites (tertiary alicyclic amines) is 1. The van der Waals surface area contributed by atoms with Crippen LogP contribution in [0.5, 0.6) is 0 Å². The van der Waals surface area contributed by atoms with Crippen molar-refractivity contribution in [1.29, 1.82) is 0 Å². The third-order valence-corrected chi connectivity index (χ3v) is 5.99. The van der Waals surface area contributed by atoms with E-state index >= 15 is 0 Å². The molecule has 1 spiro atoms. The van der Waals surface area contributed by atoms with Gasteiger partial charge in [-0.25, -0.2) is 4.98 Å². The minimum atomic E-state index is 0.0822. The summed E-state index contributed by atoms with van der Waals surface area (Å²) in [6.07, 6.45) is 9.36. The van der Waals surface area contributed by atoms with Crippen molar-refractivity contribution in [2.75, 3.05) is 13.1 Å². The number of H-pyrrole nitrogens is 1. The normalized spacial score (nSPS) is 25.0. The molecule has 1 aliphatic heterocycles. The van der Waals surface area contributed by atoms with E-state index in [-0.39, 0.29) is 17.2 Å². The number of rotatable bonds is 3. The highest BCUT2D eigenvalue weighted by molar-refractivity contribution is 5.94. The molecule has 2 aliphatic carbocycles. The van der Waals surface area contributed by atoms with Crippen LogP contribution in [0.3, 0.4) is 0 Å². The Morgan fingerprint density at radius 1 is 1.33 bits per heavy atom. The van der Waals surface area contributed by atoms with Crippen LogP contribution >= 0.6 is 0 Å². The van der Waals surface area contributed by atoms with Crippen LogP contribution in [0.4, 0.5) is 0 Å². The Balaban J connectivity index is 1.41. The quantitative estimate of drug-likeness (QED) is 0.941. The molecule has 5 rings (SSSR count). The molecular formula is C18H21N5O. The minimum Gasteiger partial charge on any atom is -0.337 e. The Labute approximate surface area is 140 Å². The molecule has 2 aromatic heterocycles. The van der Waals surface area contributed by atoms with Crippen molar-refractivity contribution in [3.05, 3.63) is 41.7 Å². The van der Waals surface area contributed by atoms with Crippen LogP contribution in [0.25, 0.3) is 0 Å². The van der Waals surface area contributed by atoms with E-state index in [4.69, 9.17) is 4.98 Å². The molecule has 1 atom stereocenters. The first-order chi connectivity index (χ1) is 11.8. The molecule has 3 fully saturated rings. The van der Waals surface area contributed by atoms with Gasteiger partial charge in [-0.05, 0) is 43.2 Å². The van der Waals surface area contributed by atoms with Gasteiger partial charge in [0.25, 0.3) is 5.91 Å². The summed E-state index contributed by atoms with van der Waals surface area (Å²) in [5.74, 6) is 2.88. The van der Waals surface area contributed by atoms with Crippen LogP contribution in [0.1, 0.15) is 65.9 Å². The second-order valence-corrected chi connectivity index (χ2v) is 7.55. The summed E-state index contributed by atoms with van der Waals surface area (Å²) in [6, 6.07) is 3.66. The zero-order chi connectivity index (χ0) is 16.1. The lowest BCUT2D eigenvalue weighted by molar-refractivity contribution is 0.0723. The number of amides is 1. The van der Waals surface area contributed by atoms with Gasteiger partial charge in [-0.3, -0.25) is 14.9 Å². The summed E-state index contributed by atoms with van der Waals surface area (Å²) in [5, 5.41) is 7.61. The largest absolute Gasteiger partial charge is 0.337 e. The van der Waals surface area contributed by atoms with E-state index in [2.05, 4.69) is 15.2 Å². The molecule has 124 valence electrons. The Morgan fingerprint density at radius 2 is 2.21 bits per heavy atom. The van der Waals surface area contributed by atoms with Gasteiger partial charge in [0.1, 0.15) is 5.82 Å². The lowest BCUT2D eigenvalue weighted by atomic mass is 9.62. The summed E-state index contributed by atoms with van der Waals surface area (Å²) >= 11 is 0. The van der Waals surface area contributed by atoms with Crippen LogP contribution in [0, 0.1) is 5.41 Å². The second-order valence-electron chi connectivity index (χ2n) is 7.55. The molecule has 24 heavy (non-hydrogen) atoms. The number of carbonyl (C=O) groups is 1. The van der Waals surface area contributed by atoms with Crippen molar-refractivity contribution < 1.29 is 4.79 Å². The Kier molecular flexibility index (Phi) is 3.02. The molecule has 6 heteroatoms. The van der Waals surface area contributed by atoms with Gasteiger partial charge in [0.2, 0.25) is 0 Å². The first-order valence-corrected chi connectivity index (χ1v) is 8.87. The van der Waals surface area contributed by atoms with Gasteiger partial charge in [-0.1, -0.05) is 6.42 Å². The highest BCUT2D eigenvalue weighted by Gasteiger charge is 2.53. The van der Waals surface area contributed by atoms with Crippen LogP contribution in [-0.4, -0.2) is 44.1 Å². The van der Waals surface area contributed by atoms with E-state index in [1.807, 2.05) is 17.0 Å². The summed E-state index contributed by atoms with van der Waals surface area (Å²) in [4.78, 5) is 23.7. The predicted octanol–water partition coefficient (Wildman–Crippen LogP) is 2.49. The van der Waals surface area contributed by atoms with Crippen LogP contribution in [0.15, 0.2) is 24.5 Å². The maximum Gasteiger partial charge on any atom is 0.255 e. The predicted molar refractivity (Wildman–Crippen MR) is 87.5 cm³/mol. The Morgan fingerprint density at radius 3 is 2.88 bits per heavy atom. The second kappa shape index (κ2) is 5.13. The number of carbonyl (C=O) groups excluding carboxylic acids is 1. The molecule has 2 aromatic rings. The van der Waals surface area contributed by atoms with Crippen molar-refractivity contribution in [3.63, 3.8) is 0 Å². The third kappa shape index (κ3) is 2.16. The SMILES string of the molecule is O=C(c1cccnc1)N1CC(c2nc(C3CC3)n[nH]2)C2(CCC2)C1. The molecule has 6 nitrogen and oxygen atoms in total. The van der Waals surface area contributed by atoms with E-state index in [9.17, 15) is 4.79 Å². The topological polar surface area (TPSA) is 74.8 Å². The van der Waals surface area contributed by atoms with E-state index in [0.717, 1.165) is 24.7 Å². The fourth-order valence-electron chi connectivity index (χ4n) is 4.28. The average molecular weight is 323 g/mol. The first-order valence-electron chi connectivity index (χ1n) is 8.87. The highest BCUT2D eigenvalue weighted by atomic mass is 16.2. The lowest BCUT2D eigenvalue weighted by Crippen LogP contribution is -2.38. The molecule has 0 aromatic carbocycles. The van der Waals surface area contributed by atoms with Gasteiger partial charge in [-0.15, -0.1) is 0 Å². The van der Waals surface area contributed by atoms with E-state index in [0.29, 0.717) is 11.5 Å². The summed E-state index contributed by atoms with van der Waals surface area (Å²) in [7, 11) is 0.